The third-order valence-electron chi connectivity index (χ3n) is 3.19. The standard InChI is InChI=1S/C14H16FN3O2/c1-9-10(8-17-18(9)2)7-16-13-6-11(15)4-5-12(13)14(19)20-3/h4-6,8,16H,7H2,1-3H3. The van der Waals surface area contributed by atoms with Gasteiger partial charge in [0.1, 0.15) is 5.82 Å². The summed E-state index contributed by atoms with van der Waals surface area (Å²) in [6, 6.07) is 3.91. The molecular weight excluding hydrogens is 261 g/mol. The molecule has 0 atom stereocenters. The van der Waals surface area contributed by atoms with Crippen LogP contribution in [0, 0.1) is 12.7 Å². The summed E-state index contributed by atoms with van der Waals surface area (Å²) >= 11 is 0. The number of nitrogens with one attached hydrogen (secondary N) is 1. The Morgan fingerprint density at radius 1 is 1.50 bits per heavy atom. The van der Waals surface area contributed by atoms with Crippen molar-refractivity contribution in [2.24, 2.45) is 7.05 Å². The van der Waals surface area contributed by atoms with E-state index in [1.54, 1.807) is 10.9 Å². The average molecular weight is 277 g/mol. The highest BCUT2D eigenvalue weighted by Crippen LogP contribution is 2.19. The van der Waals surface area contributed by atoms with Gasteiger partial charge in [-0.1, -0.05) is 0 Å². The summed E-state index contributed by atoms with van der Waals surface area (Å²) in [5.41, 5.74) is 2.69. The maximum atomic E-state index is 13.3. The maximum absolute atomic E-state index is 13.3. The predicted molar refractivity (Wildman–Crippen MR) is 73.0 cm³/mol. The first-order chi connectivity index (χ1) is 9.52. The maximum Gasteiger partial charge on any atom is 0.339 e. The number of hydrogen-bond acceptors (Lipinski definition) is 4. The van der Waals surface area contributed by atoms with E-state index >= 15 is 0 Å². The zero-order valence-electron chi connectivity index (χ0n) is 11.6. The highest BCUT2D eigenvalue weighted by atomic mass is 19.1. The number of methoxy groups -OCH3 is 1. The first-order valence-electron chi connectivity index (χ1n) is 6.12. The number of hydrogen-bond donors (Lipinski definition) is 1. The largest absolute Gasteiger partial charge is 0.465 e. The van der Waals surface area contributed by atoms with Gasteiger partial charge in [0.2, 0.25) is 0 Å². The van der Waals surface area contributed by atoms with Crippen molar-refractivity contribution in [2.75, 3.05) is 12.4 Å². The van der Waals surface area contributed by atoms with Gasteiger partial charge in [-0.3, -0.25) is 4.68 Å². The lowest BCUT2D eigenvalue weighted by molar-refractivity contribution is 0.0602. The van der Waals surface area contributed by atoms with Crippen LogP contribution in [-0.4, -0.2) is 22.9 Å². The fourth-order valence-electron chi connectivity index (χ4n) is 1.86. The molecule has 1 aromatic heterocycles. The molecule has 0 aliphatic rings. The molecule has 1 N–H and O–H groups in total. The van der Waals surface area contributed by atoms with Gasteiger partial charge in [0.25, 0.3) is 0 Å². The Kier molecular flexibility index (Phi) is 4.02. The molecule has 0 unspecified atom stereocenters. The van der Waals surface area contributed by atoms with E-state index in [-0.39, 0.29) is 0 Å². The molecule has 1 heterocycles. The van der Waals surface area contributed by atoms with E-state index in [1.807, 2.05) is 14.0 Å². The number of benzene rings is 1. The topological polar surface area (TPSA) is 56.1 Å². The Morgan fingerprint density at radius 3 is 2.85 bits per heavy atom. The minimum Gasteiger partial charge on any atom is -0.465 e. The second-order valence-electron chi connectivity index (χ2n) is 4.41. The second-order valence-corrected chi connectivity index (χ2v) is 4.41. The third kappa shape index (κ3) is 2.79. The SMILES string of the molecule is COC(=O)c1ccc(F)cc1NCc1cnn(C)c1C. The number of halogens is 1. The molecule has 0 fully saturated rings. The molecule has 0 saturated carbocycles. The quantitative estimate of drug-likeness (QED) is 0.871. The van der Waals surface area contributed by atoms with Gasteiger partial charge >= 0.3 is 5.97 Å². The zero-order valence-corrected chi connectivity index (χ0v) is 11.6. The molecule has 0 radical (unpaired) electrons. The van der Waals surface area contributed by atoms with Crippen LogP contribution in [0.4, 0.5) is 10.1 Å². The van der Waals surface area contributed by atoms with Crippen molar-refractivity contribution in [1.29, 1.82) is 0 Å². The normalized spacial score (nSPS) is 10.4. The van der Waals surface area contributed by atoms with E-state index in [2.05, 4.69) is 15.2 Å². The number of aryl methyl sites for hydroxylation is 1. The number of nitrogens with zero attached hydrogens (tertiary/aromatic N) is 2. The van der Waals surface area contributed by atoms with Crippen molar-refractivity contribution < 1.29 is 13.9 Å². The van der Waals surface area contributed by atoms with Gasteiger partial charge in [0, 0.05) is 24.8 Å². The van der Waals surface area contributed by atoms with Crippen molar-refractivity contribution in [3.8, 4) is 0 Å². The van der Waals surface area contributed by atoms with E-state index < -0.39 is 11.8 Å². The van der Waals surface area contributed by atoms with Crippen LogP contribution in [0.25, 0.3) is 0 Å². The van der Waals surface area contributed by atoms with Crippen LogP contribution in [0.1, 0.15) is 21.6 Å². The molecule has 5 nitrogen and oxygen atoms in total. The van der Waals surface area contributed by atoms with E-state index in [9.17, 15) is 9.18 Å². The van der Waals surface area contributed by atoms with Gasteiger partial charge in [-0.2, -0.15) is 5.10 Å². The molecule has 1 aromatic carbocycles. The van der Waals surface area contributed by atoms with Crippen LogP contribution in [0.3, 0.4) is 0 Å². The third-order valence-corrected chi connectivity index (χ3v) is 3.19. The molecule has 0 saturated heterocycles. The van der Waals surface area contributed by atoms with Crippen molar-refractivity contribution in [2.45, 2.75) is 13.5 Å². The van der Waals surface area contributed by atoms with Crippen molar-refractivity contribution in [3.63, 3.8) is 0 Å². The fourth-order valence-corrected chi connectivity index (χ4v) is 1.86. The molecule has 2 aromatic rings. The van der Waals surface area contributed by atoms with Crippen molar-refractivity contribution >= 4 is 11.7 Å². The van der Waals surface area contributed by atoms with Gasteiger partial charge in [-0.05, 0) is 25.1 Å². The van der Waals surface area contributed by atoms with Crippen molar-refractivity contribution in [3.05, 3.63) is 47.0 Å². The van der Waals surface area contributed by atoms with Gasteiger partial charge in [-0.25, -0.2) is 9.18 Å². The Balaban J connectivity index is 2.22. The minimum atomic E-state index is -0.504. The summed E-state index contributed by atoms with van der Waals surface area (Å²) in [6.07, 6.45) is 1.74. The Labute approximate surface area is 116 Å². The number of rotatable bonds is 4. The molecule has 0 amide bonds. The molecule has 0 spiro atoms. The Hall–Kier alpha value is -2.37. The fraction of sp³-hybridized carbons (Fsp3) is 0.286. The van der Waals surface area contributed by atoms with Crippen LogP contribution in [0.2, 0.25) is 0 Å². The van der Waals surface area contributed by atoms with Gasteiger partial charge < -0.3 is 10.1 Å². The molecule has 106 valence electrons. The van der Waals surface area contributed by atoms with Crippen LogP contribution in [-0.2, 0) is 18.3 Å². The predicted octanol–water partition coefficient (Wildman–Crippen LogP) is 2.27. The number of anilines is 1. The minimum absolute atomic E-state index is 0.301. The Morgan fingerprint density at radius 2 is 2.25 bits per heavy atom. The summed E-state index contributed by atoms with van der Waals surface area (Å²) in [7, 11) is 3.14. The van der Waals surface area contributed by atoms with E-state index in [4.69, 9.17) is 0 Å². The summed E-state index contributed by atoms with van der Waals surface area (Å²) in [5.74, 6) is -0.918. The molecule has 0 aliphatic heterocycles. The summed E-state index contributed by atoms with van der Waals surface area (Å²) in [6.45, 7) is 2.39. The lowest BCUT2D eigenvalue weighted by Gasteiger charge is -2.10. The molecule has 0 bridgehead atoms. The van der Waals surface area contributed by atoms with Gasteiger partial charge in [0.05, 0.1) is 24.6 Å². The van der Waals surface area contributed by atoms with Crippen LogP contribution >= 0.6 is 0 Å². The van der Waals surface area contributed by atoms with Gasteiger partial charge in [-0.15, -0.1) is 0 Å². The monoisotopic (exact) mass is 277 g/mol. The zero-order chi connectivity index (χ0) is 14.7. The Bertz CT molecular complexity index is 637. The lowest BCUT2D eigenvalue weighted by atomic mass is 10.1. The number of esters is 1. The number of ether oxygens (including phenoxy) is 1. The van der Waals surface area contributed by atoms with E-state index in [0.29, 0.717) is 17.8 Å². The van der Waals surface area contributed by atoms with Crippen LogP contribution < -0.4 is 5.32 Å². The number of carbonyl (C=O) groups is 1. The smallest absolute Gasteiger partial charge is 0.339 e. The number of aromatic nitrogens is 2. The lowest BCUT2D eigenvalue weighted by Crippen LogP contribution is -2.09. The van der Waals surface area contributed by atoms with E-state index in [1.165, 1.54) is 25.3 Å². The highest BCUT2D eigenvalue weighted by molar-refractivity contribution is 5.95. The molecule has 0 aliphatic carbocycles. The summed E-state index contributed by atoms with van der Waals surface area (Å²) < 4.78 is 19.7. The van der Waals surface area contributed by atoms with E-state index in [0.717, 1.165) is 11.3 Å². The number of carbonyl (C=O) groups excluding carboxylic acids is 1. The highest BCUT2D eigenvalue weighted by Gasteiger charge is 2.13. The molecule has 6 heteroatoms. The first kappa shape index (κ1) is 14.0. The van der Waals surface area contributed by atoms with Crippen molar-refractivity contribution in [1.82, 2.24) is 9.78 Å². The van der Waals surface area contributed by atoms with Crippen LogP contribution in [0.5, 0.6) is 0 Å². The molecular formula is C14H16FN3O2. The molecule has 20 heavy (non-hydrogen) atoms. The average Bonchev–Trinajstić information content (AvgIpc) is 2.76. The summed E-state index contributed by atoms with van der Waals surface area (Å²) in [4.78, 5) is 11.6. The second kappa shape index (κ2) is 5.73. The molecule has 2 rings (SSSR count). The van der Waals surface area contributed by atoms with Crippen LogP contribution in [0.15, 0.2) is 24.4 Å². The van der Waals surface area contributed by atoms with Gasteiger partial charge in [0.15, 0.2) is 0 Å². The summed E-state index contributed by atoms with van der Waals surface area (Å²) in [5, 5.41) is 7.18. The first-order valence-corrected chi connectivity index (χ1v) is 6.12.